The van der Waals surface area contributed by atoms with Crippen LogP contribution >= 0.6 is 0 Å². The van der Waals surface area contributed by atoms with Crippen LogP contribution in [-0.4, -0.2) is 16.5 Å². The molecule has 3 rings (SSSR count). The fourth-order valence-electron chi connectivity index (χ4n) is 2.35. The lowest BCUT2D eigenvalue weighted by molar-refractivity contribution is 0.670. The molecule has 1 aromatic carbocycles. The zero-order valence-corrected chi connectivity index (χ0v) is 10.5. The van der Waals surface area contributed by atoms with E-state index in [1.807, 2.05) is 6.20 Å². The summed E-state index contributed by atoms with van der Waals surface area (Å²) in [6.07, 6.45) is 7.36. The van der Waals surface area contributed by atoms with Gasteiger partial charge in [0.2, 0.25) is 0 Å². The Balaban J connectivity index is 1.50. The summed E-state index contributed by atoms with van der Waals surface area (Å²) in [5.41, 5.74) is 3.00. The highest BCUT2D eigenvalue weighted by Crippen LogP contribution is 2.41. The molecule has 1 fully saturated rings. The summed E-state index contributed by atoms with van der Waals surface area (Å²) in [6.45, 7) is 1.93. The molecule has 0 saturated heterocycles. The van der Waals surface area contributed by atoms with Gasteiger partial charge in [-0.2, -0.15) is 0 Å². The lowest BCUT2D eigenvalue weighted by Crippen LogP contribution is -2.18. The van der Waals surface area contributed by atoms with Gasteiger partial charge in [-0.05, 0) is 29.9 Å². The third-order valence-electron chi connectivity index (χ3n) is 3.48. The van der Waals surface area contributed by atoms with Gasteiger partial charge >= 0.3 is 0 Å². The van der Waals surface area contributed by atoms with Crippen molar-refractivity contribution in [2.45, 2.75) is 31.7 Å². The Hall–Kier alpha value is -1.61. The molecular formula is C15H19N3. The summed E-state index contributed by atoms with van der Waals surface area (Å²) in [7, 11) is 0. The Bertz CT molecular complexity index is 486. The first kappa shape index (κ1) is 11.5. The van der Waals surface area contributed by atoms with Crippen LogP contribution in [0.4, 0.5) is 0 Å². The van der Waals surface area contributed by atoms with Crippen LogP contribution in [0.25, 0.3) is 0 Å². The Morgan fingerprint density at radius 3 is 2.94 bits per heavy atom. The molecular weight excluding hydrogens is 222 g/mol. The fourth-order valence-corrected chi connectivity index (χ4v) is 2.35. The predicted molar refractivity (Wildman–Crippen MR) is 72.4 cm³/mol. The molecule has 0 spiro atoms. The number of H-pyrrole nitrogens is 1. The monoisotopic (exact) mass is 241 g/mol. The van der Waals surface area contributed by atoms with E-state index in [0.29, 0.717) is 0 Å². The van der Waals surface area contributed by atoms with Crippen LogP contribution < -0.4 is 5.32 Å². The lowest BCUT2D eigenvalue weighted by atomic mass is 10.0. The number of nitrogens with zero attached hydrogens (tertiary/aromatic N) is 1. The Morgan fingerprint density at radius 2 is 2.17 bits per heavy atom. The van der Waals surface area contributed by atoms with Crippen LogP contribution in [0.15, 0.2) is 36.7 Å². The molecule has 1 aromatic heterocycles. The Kier molecular flexibility index (Phi) is 3.42. The van der Waals surface area contributed by atoms with Gasteiger partial charge < -0.3 is 10.3 Å². The number of benzene rings is 1. The van der Waals surface area contributed by atoms with E-state index in [0.717, 1.165) is 31.3 Å². The summed E-state index contributed by atoms with van der Waals surface area (Å²) in [5, 5.41) is 3.50. The number of nitrogens with one attached hydrogen (secondary N) is 2. The first-order chi connectivity index (χ1) is 8.93. The second-order valence-electron chi connectivity index (χ2n) is 4.94. The van der Waals surface area contributed by atoms with Gasteiger partial charge in [0.25, 0.3) is 0 Å². The molecule has 0 unspecified atom stereocenters. The van der Waals surface area contributed by atoms with Gasteiger partial charge in [0.05, 0.1) is 0 Å². The van der Waals surface area contributed by atoms with Crippen LogP contribution in [0, 0.1) is 0 Å². The molecule has 2 aromatic rings. The van der Waals surface area contributed by atoms with E-state index in [9.17, 15) is 0 Å². The third-order valence-corrected chi connectivity index (χ3v) is 3.48. The Labute approximate surface area is 108 Å². The number of aromatic amines is 1. The number of imidazole rings is 1. The van der Waals surface area contributed by atoms with Crippen LogP contribution in [0.3, 0.4) is 0 Å². The molecule has 0 bridgehead atoms. The van der Waals surface area contributed by atoms with Gasteiger partial charge in [-0.3, -0.25) is 0 Å². The molecule has 3 nitrogen and oxygen atoms in total. The zero-order chi connectivity index (χ0) is 12.2. The molecule has 1 heterocycles. The molecule has 1 aliphatic carbocycles. The maximum atomic E-state index is 4.22. The SMILES string of the molecule is c1ccc(C2CC2)c(CNCCc2ncc[nH]2)c1. The molecule has 0 radical (unpaired) electrons. The standard InChI is InChI=1S/C15H19N3/c1-2-4-14(12-5-6-12)13(3-1)11-16-8-7-15-17-9-10-18-15/h1-4,9-10,12,16H,5-8,11H2,(H,17,18). The van der Waals surface area contributed by atoms with Crippen molar-refractivity contribution in [3.05, 3.63) is 53.6 Å². The van der Waals surface area contributed by atoms with E-state index < -0.39 is 0 Å². The lowest BCUT2D eigenvalue weighted by Gasteiger charge is -2.09. The van der Waals surface area contributed by atoms with E-state index in [-0.39, 0.29) is 0 Å². The van der Waals surface area contributed by atoms with Gasteiger partial charge in [0, 0.05) is 31.9 Å². The van der Waals surface area contributed by atoms with E-state index >= 15 is 0 Å². The average Bonchev–Trinajstić information content (AvgIpc) is 3.12. The van der Waals surface area contributed by atoms with Crippen molar-refractivity contribution in [3.63, 3.8) is 0 Å². The predicted octanol–water partition coefficient (Wildman–Crippen LogP) is 2.62. The van der Waals surface area contributed by atoms with Crippen molar-refractivity contribution in [2.75, 3.05) is 6.54 Å². The van der Waals surface area contributed by atoms with Gasteiger partial charge in [-0.25, -0.2) is 4.98 Å². The van der Waals surface area contributed by atoms with E-state index in [1.54, 1.807) is 11.8 Å². The van der Waals surface area contributed by atoms with Crippen molar-refractivity contribution >= 4 is 0 Å². The molecule has 94 valence electrons. The second-order valence-corrected chi connectivity index (χ2v) is 4.94. The largest absolute Gasteiger partial charge is 0.349 e. The zero-order valence-electron chi connectivity index (χ0n) is 10.5. The van der Waals surface area contributed by atoms with Crippen LogP contribution in [0.1, 0.15) is 35.7 Å². The third kappa shape index (κ3) is 2.79. The van der Waals surface area contributed by atoms with E-state index in [1.165, 1.54) is 18.4 Å². The van der Waals surface area contributed by atoms with Gasteiger partial charge in [0.1, 0.15) is 5.82 Å². The smallest absolute Gasteiger partial charge is 0.107 e. The van der Waals surface area contributed by atoms with Crippen LogP contribution in [0.2, 0.25) is 0 Å². The molecule has 1 saturated carbocycles. The number of hydrogen-bond donors (Lipinski definition) is 2. The first-order valence-corrected chi connectivity index (χ1v) is 6.70. The molecule has 3 heteroatoms. The maximum absolute atomic E-state index is 4.22. The molecule has 0 amide bonds. The minimum absolute atomic E-state index is 0.827. The number of hydrogen-bond acceptors (Lipinski definition) is 2. The maximum Gasteiger partial charge on any atom is 0.107 e. The topological polar surface area (TPSA) is 40.7 Å². The highest BCUT2D eigenvalue weighted by molar-refractivity contribution is 5.33. The van der Waals surface area contributed by atoms with Crippen molar-refractivity contribution in [1.82, 2.24) is 15.3 Å². The average molecular weight is 241 g/mol. The second kappa shape index (κ2) is 5.36. The normalized spacial score (nSPS) is 14.9. The van der Waals surface area contributed by atoms with Crippen LogP contribution in [-0.2, 0) is 13.0 Å². The summed E-state index contributed by atoms with van der Waals surface area (Å²) in [4.78, 5) is 7.35. The van der Waals surface area contributed by atoms with Crippen molar-refractivity contribution in [3.8, 4) is 0 Å². The first-order valence-electron chi connectivity index (χ1n) is 6.70. The highest BCUT2D eigenvalue weighted by Gasteiger charge is 2.25. The van der Waals surface area contributed by atoms with Gasteiger partial charge in [-0.15, -0.1) is 0 Å². The van der Waals surface area contributed by atoms with Gasteiger partial charge in [-0.1, -0.05) is 24.3 Å². The van der Waals surface area contributed by atoms with Crippen LogP contribution in [0.5, 0.6) is 0 Å². The molecule has 18 heavy (non-hydrogen) atoms. The minimum atomic E-state index is 0.827. The molecule has 1 aliphatic rings. The summed E-state index contributed by atoms with van der Waals surface area (Å²) in [5.74, 6) is 1.88. The van der Waals surface area contributed by atoms with E-state index in [4.69, 9.17) is 0 Å². The Morgan fingerprint density at radius 1 is 1.28 bits per heavy atom. The summed E-state index contributed by atoms with van der Waals surface area (Å²) >= 11 is 0. The molecule has 2 N–H and O–H groups in total. The van der Waals surface area contributed by atoms with Crippen molar-refractivity contribution < 1.29 is 0 Å². The fraction of sp³-hybridized carbons (Fsp3) is 0.400. The molecule has 0 atom stereocenters. The summed E-state index contributed by atoms with van der Waals surface area (Å²) in [6, 6.07) is 8.81. The van der Waals surface area contributed by atoms with Crippen molar-refractivity contribution in [2.24, 2.45) is 0 Å². The quantitative estimate of drug-likeness (QED) is 0.763. The van der Waals surface area contributed by atoms with Crippen molar-refractivity contribution in [1.29, 1.82) is 0 Å². The number of rotatable bonds is 6. The van der Waals surface area contributed by atoms with Gasteiger partial charge in [0.15, 0.2) is 0 Å². The number of aromatic nitrogens is 2. The summed E-state index contributed by atoms with van der Waals surface area (Å²) < 4.78 is 0. The molecule has 0 aliphatic heterocycles. The highest BCUT2D eigenvalue weighted by atomic mass is 14.9. The van der Waals surface area contributed by atoms with E-state index in [2.05, 4.69) is 39.6 Å². The minimum Gasteiger partial charge on any atom is -0.349 e.